The van der Waals surface area contributed by atoms with E-state index in [1.54, 1.807) is 18.2 Å². The van der Waals surface area contributed by atoms with Gasteiger partial charge in [0.2, 0.25) is 0 Å². The summed E-state index contributed by atoms with van der Waals surface area (Å²) in [7, 11) is 2.87. The molecule has 148 valence electrons. The molecule has 0 spiro atoms. The number of nitrogens with zero attached hydrogens (tertiary/aromatic N) is 1. The number of benzene rings is 2. The van der Waals surface area contributed by atoms with Crippen LogP contribution in [-0.2, 0) is 16.1 Å². The SMILES string of the molecule is COc1ccc([N+](=O)[O-])cc1COC(=O)CCC(=O)c1cc(Br)ccc1OC. The summed E-state index contributed by atoms with van der Waals surface area (Å²) in [4.78, 5) is 34.7. The maximum atomic E-state index is 12.4. The number of hydrogen-bond donors (Lipinski definition) is 0. The van der Waals surface area contributed by atoms with Gasteiger partial charge in [0.15, 0.2) is 5.78 Å². The van der Waals surface area contributed by atoms with Crippen molar-refractivity contribution in [2.45, 2.75) is 19.4 Å². The Balaban J connectivity index is 1.96. The topological polar surface area (TPSA) is 105 Å². The van der Waals surface area contributed by atoms with Gasteiger partial charge in [0.25, 0.3) is 5.69 Å². The molecule has 2 rings (SSSR count). The molecule has 0 aliphatic rings. The lowest BCUT2D eigenvalue weighted by Crippen LogP contribution is -2.09. The van der Waals surface area contributed by atoms with Crippen LogP contribution in [0.2, 0.25) is 0 Å². The molecule has 0 saturated carbocycles. The number of nitro benzene ring substituents is 1. The summed E-state index contributed by atoms with van der Waals surface area (Å²) in [5.74, 6) is -0.0739. The van der Waals surface area contributed by atoms with Crippen LogP contribution in [0.25, 0.3) is 0 Å². The predicted molar refractivity (Wildman–Crippen MR) is 104 cm³/mol. The molecule has 0 fully saturated rings. The molecule has 0 heterocycles. The highest BCUT2D eigenvalue weighted by Crippen LogP contribution is 2.26. The molecule has 0 atom stereocenters. The number of ketones is 1. The molecule has 28 heavy (non-hydrogen) atoms. The van der Waals surface area contributed by atoms with Crippen LogP contribution >= 0.6 is 15.9 Å². The van der Waals surface area contributed by atoms with Crippen molar-refractivity contribution in [3.63, 3.8) is 0 Å². The molecular weight excluding hydrogens is 434 g/mol. The van der Waals surface area contributed by atoms with Gasteiger partial charge in [-0.05, 0) is 24.3 Å². The van der Waals surface area contributed by atoms with Crippen molar-refractivity contribution in [2.24, 2.45) is 0 Å². The third-order valence-corrected chi connectivity index (χ3v) is 4.37. The van der Waals surface area contributed by atoms with Crippen LogP contribution in [0, 0.1) is 10.1 Å². The fraction of sp³-hybridized carbons (Fsp3) is 0.263. The number of esters is 1. The Morgan fingerprint density at radius 3 is 2.36 bits per heavy atom. The van der Waals surface area contributed by atoms with Crippen molar-refractivity contribution in [3.8, 4) is 11.5 Å². The van der Waals surface area contributed by atoms with E-state index in [1.165, 1.54) is 32.4 Å². The van der Waals surface area contributed by atoms with Crippen molar-refractivity contribution >= 4 is 33.4 Å². The van der Waals surface area contributed by atoms with E-state index in [2.05, 4.69) is 15.9 Å². The van der Waals surface area contributed by atoms with Crippen molar-refractivity contribution in [2.75, 3.05) is 14.2 Å². The van der Waals surface area contributed by atoms with E-state index < -0.39 is 10.9 Å². The first-order valence-electron chi connectivity index (χ1n) is 8.19. The average molecular weight is 452 g/mol. The zero-order chi connectivity index (χ0) is 20.7. The minimum Gasteiger partial charge on any atom is -0.496 e. The minimum absolute atomic E-state index is 0.0578. The zero-order valence-corrected chi connectivity index (χ0v) is 16.9. The number of carbonyl (C=O) groups excluding carboxylic acids is 2. The lowest BCUT2D eigenvalue weighted by atomic mass is 10.1. The van der Waals surface area contributed by atoms with E-state index in [9.17, 15) is 19.7 Å². The summed E-state index contributed by atoms with van der Waals surface area (Å²) in [5, 5.41) is 10.9. The standard InChI is InChI=1S/C19H18BrNO7/c1-26-17-7-4-14(21(24)25)9-12(17)11-28-19(23)8-5-16(22)15-10-13(20)3-6-18(15)27-2/h3-4,6-7,9-10H,5,8,11H2,1-2H3. The third-order valence-electron chi connectivity index (χ3n) is 3.88. The van der Waals surface area contributed by atoms with E-state index in [0.717, 1.165) is 4.47 Å². The van der Waals surface area contributed by atoms with Crippen LogP contribution in [0.1, 0.15) is 28.8 Å². The molecule has 0 saturated heterocycles. The summed E-state index contributed by atoms with van der Waals surface area (Å²) in [6.07, 6.45) is -0.191. The number of non-ortho nitro benzene ring substituents is 1. The molecule has 0 aliphatic carbocycles. The van der Waals surface area contributed by atoms with Gasteiger partial charge < -0.3 is 14.2 Å². The number of carbonyl (C=O) groups is 2. The maximum absolute atomic E-state index is 12.4. The molecule has 0 aromatic heterocycles. The molecule has 9 heteroatoms. The maximum Gasteiger partial charge on any atom is 0.306 e. The van der Waals surface area contributed by atoms with Crippen LogP contribution in [0.4, 0.5) is 5.69 Å². The minimum atomic E-state index is -0.601. The van der Waals surface area contributed by atoms with Crippen molar-refractivity contribution in [1.82, 2.24) is 0 Å². The van der Waals surface area contributed by atoms with E-state index >= 15 is 0 Å². The third kappa shape index (κ3) is 5.53. The van der Waals surface area contributed by atoms with E-state index in [-0.39, 0.29) is 30.9 Å². The first-order valence-corrected chi connectivity index (χ1v) is 8.98. The molecule has 2 aromatic rings. The second-order valence-corrected chi connectivity index (χ2v) is 6.60. The average Bonchev–Trinajstić information content (AvgIpc) is 2.69. The first kappa shape index (κ1) is 21.4. The lowest BCUT2D eigenvalue weighted by Gasteiger charge is -2.10. The van der Waals surface area contributed by atoms with Gasteiger partial charge in [-0.2, -0.15) is 0 Å². The van der Waals surface area contributed by atoms with Gasteiger partial charge in [-0.3, -0.25) is 19.7 Å². The van der Waals surface area contributed by atoms with Crippen LogP contribution in [0.15, 0.2) is 40.9 Å². The number of halogens is 1. The van der Waals surface area contributed by atoms with Crippen molar-refractivity contribution in [1.29, 1.82) is 0 Å². The van der Waals surface area contributed by atoms with E-state index in [0.29, 0.717) is 22.6 Å². The van der Waals surface area contributed by atoms with E-state index in [1.807, 2.05) is 0 Å². The molecular formula is C19H18BrNO7. The largest absolute Gasteiger partial charge is 0.496 e. The fourth-order valence-electron chi connectivity index (χ4n) is 2.47. The second-order valence-electron chi connectivity index (χ2n) is 5.68. The normalized spacial score (nSPS) is 10.2. The van der Waals surface area contributed by atoms with Gasteiger partial charge in [-0.15, -0.1) is 0 Å². The molecule has 0 bridgehead atoms. The summed E-state index contributed by atoms with van der Waals surface area (Å²) < 4.78 is 16.1. The summed E-state index contributed by atoms with van der Waals surface area (Å²) in [5.41, 5.74) is 0.596. The van der Waals surface area contributed by atoms with Gasteiger partial charge >= 0.3 is 5.97 Å². The molecule has 0 aliphatic heterocycles. The Morgan fingerprint density at radius 1 is 1.04 bits per heavy atom. The van der Waals surface area contributed by atoms with Gasteiger partial charge in [0.05, 0.1) is 31.1 Å². The first-order chi connectivity index (χ1) is 13.3. The van der Waals surface area contributed by atoms with Gasteiger partial charge in [-0.1, -0.05) is 15.9 Å². The Kier molecular flexibility index (Phi) is 7.51. The van der Waals surface area contributed by atoms with Gasteiger partial charge in [-0.25, -0.2) is 0 Å². The zero-order valence-electron chi connectivity index (χ0n) is 15.3. The van der Waals surface area contributed by atoms with Gasteiger partial charge in [0.1, 0.15) is 18.1 Å². The highest BCUT2D eigenvalue weighted by Gasteiger charge is 2.17. The Morgan fingerprint density at radius 2 is 1.71 bits per heavy atom. The Bertz CT molecular complexity index is 898. The number of rotatable bonds is 9. The van der Waals surface area contributed by atoms with Crippen LogP contribution in [0.3, 0.4) is 0 Å². The Labute approximate surface area is 169 Å². The summed E-state index contributed by atoms with van der Waals surface area (Å²) in [6.45, 7) is -0.196. The summed E-state index contributed by atoms with van der Waals surface area (Å²) in [6, 6.07) is 9.04. The smallest absolute Gasteiger partial charge is 0.306 e. The molecule has 2 aromatic carbocycles. The number of hydrogen-bond acceptors (Lipinski definition) is 7. The van der Waals surface area contributed by atoms with Crippen LogP contribution in [0.5, 0.6) is 11.5 Å². The molecule has 0 N–H and O–H groups in total. The van der Waals surface area contributed by atoms with Crippen LogP contribution < -0.4 is 9.47 Å². The second kappa shape index (κ2) is 9.84. The number of Topliss-reactive ketones (excluding diaryl/α,β-unsaturated/α-hetero) is 1. The quantitative estimate of drug-likeness (QED) is 0.244. The molecule has 8 nitrogen and oxygen atoms in total. The molecule has 0 amide bonds. The number of nitro groups is 1. The Hall–Kier alpha value is -2.94. The highest BCUT2D eigenvalue weighted by atomic mass is 79.9. The fourth-order valence-corrected chi connectivity index (χ4v) is 2.83. The van der Waals surface area contributed by atoms with E-state index in [4.69, 9.17) is 14.2 Å². The number of methoxy groups -OCH3 is 2. The van der Waals surface area contributed by atoms with Crippen molar-refractivity contribution < 1.29 is 28.7 Å². The molecule has 0 unspecified atom stereocenters. The van der Waals surface area contributed by atoms with Gasteiger partial charge in [0, 0.05) is 28.6 Å². The van der Waals surface area contributed by atoms with Crippen LogP contribution in [-0.4, -0.2) is 30.9 Å². The monoisotopic (exact) mass is 451 g/mol. The summed E-state index contributed by atoms with van der Waals surface area (Å²) >= 11 is 3.29. The lowest BCUT2D eigenvalue weighted by molar-refractivity contribution is -0.385. The number of ether oxygens (including phenoxy) is 3. The highest BCUT2D eigenvalue weighted by molar-refractivity contribution is 9.10. The van der Waals surface area contributed by atoms with Crippen molar-refractivity contribution in [3.05, 3.63) is 62.1 Å². The predicted octanol–water partition coefficient (Wildman–Crippen LogP) is 4.08. The molecule has 0 radical (unpaired) electrons.